The molecule has 27 heavy (non-hydrogen) atoms. The molecule has 5 heteroatoms. The smallest absolute Gasteiger partial charge is 0.242 e. The minimum absolute atomic E-state index is 0.206. The monoisotopic (exact) mass is 369 g/mol. The zero-order valence-electron chi connectivity index (χ0n) is 16.4. The normalized spacial score (nSPS) is 22.2. The minimum atomic E-state index is 0.206. The van der Waals surface area contributed by atoms with Crippen molar-refractivity contribution in [3.63, 3.8) is 0 Å². The van der Waals surface area contributed by atoms with Gasteiger partial charge in [-0.2, -0.15) is 0 Å². The van der Waals surface area contributed by atoms with Crippen molar-refractivity contribution in [1.82, 2.24) is 9.80 Å². The summed E-state index contributed by atoms with van der Waals surface area (Å²) in [4.78, 5) is 31.2. The molecular formula is C22H31N3O2. The fourth-order valence-corrected chi connectivity index (χ4v) is 4.60. The summed E-state index contributed by atoms with van der Waals surface area (Å²) in [5.41, 5.74) is 1.31. The predicted octanol–water partition coefficient (Wildman–Crippen LogP) is 2.76. The second kappa shape index (κ2) is 7.53. The lowest BCUT2D eigenvalue weighted by Gasteiger charge is -2.47. The number of hydrogen-bond acceptors (Lipinski definition) is 3. The molecule has 2 aliphatic heterocycles. The molecule has 146 valence electrons. The van der Waals surface area contributed by atoms with Crippen LogP contribution in [0, 0.1) is 11.3 Å². The van der Waals surface area contributed by atoms with E-state index >= 15 is 0 Å². The van der Waals surface area contributed by atoms with Gasteiger partial charge in [-0.05, 0) is 55.6 Å². The number of rotatable bonds is 5. The van der Waals surface area contributed by atoms with E-state index in [-0.39, 0.29) is 11.3 Å². The van der Waals surface area contributed by atoms with Crippen LogP contribution in [-0.4, -0.2) is 61.4 Å². The maximum Gasteiger partial charge on any atom is 0.242 e. The maximum absolute atomic E-state index is 12.7. The van der Waals surface area contributed by atoms with Gasteiger partial charge in [-0.1, -0.05) is 18.2 Å². The first kappa shape index (κ1) is 18.3. The van der Waals surface area contributed by atoms with Gasteiger partial charge >= 0.3 is 0 Å². The molecule has 2 amide bonds. The van der Waals surface area contributed by atoms with E-state index in [9.17, 15) is 9.59 Å². The second-order valence-corrected chi connectivity index (χ2v) is 8.79. The first-order valence-electron chi connectivity index (χ1n) is 10.4. The van der Waals surface area contributed by atoms with Gasteiger partial charge < -0.3 is 14.7 Å². The molecule has 1 aliphatic carbocycles. The molecule has 2 heterocycles. The zero-order valence-corrected chi connectivity index (χ0v) is 16.4. The number of carbonyl (C=O) groups is 2. The molecule has 1 aromatic rings. The van der Waals surface area contributed by atoms with Crippen LogP contribution in [0.15, 0.2) is 30.3 Å². The zero-order chi connectivity index (χ0) is 18.9. The number of para-hydroxylation sites is 1. The topological polar surface area (TPSA) is 43.9 Å². The summed E-state index contributed by atoms with van der Waals surface area (Å²) in [6, 6.07) is 10.1. The number of likely N-dealkylation sites (tertiary alicyclic amines) is 2. The van der Waals surface area contributed by atoms with E-state index in [1.54, 1.807) is 0 Å². The predicted molar refractivity (Wildman–Crippen MR) is 106 cm³/mol. The molecule has 1 saturated carbocycles. The number of nitrogens with zero attached hydrogens (tertiary/aromatic N) is 3. The quantitative estimate of drug-likeness (QED) is 0.802. The van der Waals surface area contributed by atoms with E-state index in [1.807, 2.05) is 47.2 Å². The Labute approximate surface area is 162 Å². The highest BCUT2D eigenvalue weighted by Crippen LogP contribution is 2.41. The van der Waals surface area contributed by atoms with Gasteiger partial charge in [0.1, 0.15) is 0 Å². The van der Waals surface area contributed by atoms with Crippen LogP contribution in [0.1, 0.15) is 38.5 Å². The van der Waals surface area contributed by atoms with Crippen molar-refractivity contribution in [1.29, 1.82) is 0 Å². The summed E-state index contributed by atoms with van der Waals surface area (Å²) < 4.78 is 0. The molecule has 4 rings (SSSR count). The molecule has 3 aliphatic rings. The van der Waals surface area contributed by atoms with E-state index < -0.39 is 0 Å². The fraction of sp³-hybridized carbons (Fsp3) is 0.636. The number of hydrogen-bond donors (Lipinski definition) is 0. The van der Waals surface area contributed by atoms with E-state index in [1.165, 1.54) is 12.8 Å². The summed E-state index contributed by atoms with van der Waals surface area (Å²) in [5, 5.41) is 0. The Bertz CT molecular complexity index is 678. The Balaban J connectivity index is 1.30. The highest BCUT2D eigenvalue weighted by atomic mass is 16.2. The molecule has 3 fully saturated rings. The molecular weight excluding hydrogens is 338 g/mol. The minimum Gasteiger partial charge on any atom is -0.365 e. The van der Waals surface area contributed by atoms with Crippen molar-refractivity contribution < 1.29 is 9.59 Å². The number of piperidine rings is 2. The van der Waals surface area contributed by atoms with Crippen LogP contribution in [0.4, 0.5) is 5.69 Å². The summed E-state index contributed by atoms with van der Waals surface area (Å²) in [6.45, 7) is 3.95. The third-order valence-corrected chi connectivity index (χ3v) is 6.67. The van der Waals surface area contributed by atoms with Crippen LogP contribution in [0.3, 0.4) is 0 Å². The number of anilines is 1. The van der Waals surface area contributed by atoms with Crippen LogP contribution in [0.5, 0.6) is 0 Å². The molecule has 2 saturated heterocycles. The third kappa shape index (κ3) is 4.28. The van der Waals surface area contributed by atoms with Gasteiger partial charge in [0.2, 0.25) is 11.8 Å². The molecule has 0 radical (unpaired) electrons. The van der Waals surface area contributed by atoms with Crippen LogP contribution in [-0.2, 0) is 9.59 Å². The highest BCUT2D eigenvalue weighted by molar-refractivity contribution is 5.81. The van der Waals surface area contributed by atoms with E-state index in [0.29, 0.717) is 18.9 Å². The van der Waals surface area contributed by atoms with Crippen molar-refractivity contribution in [2.24, 2.45) is 11.3 Å². The summed E-state index contributed by atoms with van der Waals surface area (Å²) in [7, 11) is 1.97. The van der Waals surface area contributed by atoms with Crippen LogP contribution in [0.25, 0.3) is 0 Å². The Morgan fingerprint density at radius 3 is 2.52 bits per heavy atom. The molecule has 5 nitrogen and oxygen atoms in total. The highest BCUT2D eigenvalue weighted by Gasteiger charge is 2.42. The van der Waals surface area contributed by atoms with Crippen LogP contribution < -0.4 is 4.90 Å². The maximum atomic E-state index is 12.7. The molecule has 0 aromatic heterocycles. The van der Waals surface area contributed by atoms with Gasteiger partial charge in [0.15, 0.2) is 0 Å². The number of amides is 2. The van der Waals surface area contributed by atoms with Crippen molar-refractivity contribution in [2.45, 2.75) is 38.5 Å². The van der Waals surface area contributed by atoms with Gasteiger partial charge in [-0.3, -0.25) is 9.59 Å². The lowest BCUT2D eigenvalue weighted by Crippen LogP contribution is -2.53. The molecule has 0 unspecified atom stereocenters. The van der Waals surface area contributed by atoms with E-state index in [2.05, 4.69) is 4.90 Å². The first-order chi connectivity index (χ1) is 13.0. The van der Waals surface area contributed by atoms with Gasteiger partial charge in [-0.15, -0.1) is 0 Å². The first-order valence-corrected chi connectivity index (χ1v) is 10.4. The number of likely N-dealkylation sites (N-methyl/N-ethyl adjacent to an activating group) is 1. The molecule has 1 aromatic carbocycles. The van der Waals surface area contributed by atoms with Crippen molar-refractivity contribution in [3.05, 3.63) is 30.3 Å². The Kier molecular flexibility index (Phi) is 5.11. The molecule has 1 spiro atoms. The van der Waals surface area contributed by atoms with E-state index in [0.717, 1.165) is 57.0 Å². The lowest BCUT2D eigenvalue weighted by molar-refractivity contribution is -0.142. The van der Waals surface area contributed by atoms with Crippen LogP contribution >= 0.6 is 0 Å². The average Bonchev–Trinajstić information content (AvgIpc) is 3.50. The second-order valence-electron chi connectivity index (χ2n) is 8.79. The van der Waals surface area contributed by atoms with Crippen LogP contribution in [0.2, 0.25) is 0 Å². The largest absolute Gasteiger partial charge is 0.365 e. The Morgan fingerprint density at radius 2 is 1.85 bits per heavy atom. The third-order valence-electron chi connectivity index (χ3n) is 6.67. The molecule has 0 atom stereocenters. The standard InChI is InChI=1S/C22H31N3O2/c1-23(19-5-3-2-4-6-19)16-21(27)24-13-11-22(12-14-24)10-9-20(26)25(17-22)15-18-7-8-18/h2-6,18H,7-17H2,1H3. The molecule has 0 bridgehead atoms. The molecule has 0 N–H and O–H groups in total. The number of carbonyl (C=O) groups excluding carboxylic acids is 2. The van der Waals surface area contributed by atoms with Crippen molar-refractivity contribution in [3.8, 4) is 0 Å². The van der Waals surface area contributed by atoms with E-state index in [4.69, 9.17) is 0 Å². The summed E-state index contributed by atoms with van der Waals surface area (Å²) in [6.07, 6.45) is 6.32. The Hall–Kier alpha value is -2.04. The van der Waals surface area contributed by atoms with Gasteiger partial charge in [0, 0.05) is 45.3 Å². The van der Waals surface area contributed by atoms with Crippen molar-refractivity contribution >= 4 is 17.5 Å². The van der Waals surface area contributed by atoms with Crippen molar-refractivity contribution in [2.75, 3.05) is 44.7 Å². The summed E-state index contributed by atoms with van der Waals surface area (Å²) in [5.74, 6) is 1.30. The van der Waals surface area contributed by atoms with Gasteiger partial charge in [0.05, 0.1) is 6.54 Å². The fourth-order valence-electron chi connectivity index (χ4n) is 4.60. The lowest BCUT2D eigenvalue weighted by atomic mass is 9.72. The average molecular weight is 370 g/mol. The van der Waals surface area contributed by atoms with Gasteiger partial charge in [0.25, 0.3) is 0 Å². The SMILES string of the molecule is CN(CC(=O)N1CCC2(CCC(=O)N(CC3CC3)C2)CC1)c1ccccc1. The summed E-state index contributed by atoms with van der Waals surface area (Å²) >= 11 is 0. The van der Waals surface area contributed by atoms with Gasteiger partial charge in [-0.25, -0.2) is 0 Å². The Morgan fingerprint density at radius 1 is 1.15 bits per heavy atom. The number of benzene rings is 1.